The van der Waals surface area contributed by atoms with Crippen LogP contribution in [0.3, 0.4) is 0 Å². The van der Waals surface area contributed by atoms with Crippen LogP contribution in [0.1, 0.15) is 56.9 Å². The number of methoxy groups -OCH3 is 1. The van der Waals surface area contributed by atoms with Gasteiger partial charge in [0.15, 0.2) is 0 Å². The van der Waals surface area contributed by atoms with Crippen LogP contribution in [0.4, 0.5) is 4.79 Å². The maximum atomic E-state index is 14.1. The van der Waals surface area contributed by atoms with E-state index in [0.29, 0.717) is 24.6 Å². The summed E-state index contributed by atoms with van der Waals surface area (Å²) in [6.45, 7) is 9.33. The molecule has 1 aliphatic rings. The Hall–Kier alpha value is -2.49. The van der Waals surface area contributed by atoms with E-state index in [4.69, 9.17) is 14.2 Å². The molecule has 0 bridgehead atoms. The molecule has 2 atom stereocenters. The molecule has 1 unspecified atom stereocenters. The molecule has 1 saturated heterocycles. The number of nitrogens with one attached hydrogen (secondary N) is 1. The maximum Gasteiger partial charge on any atom is 0.409 e. The van der Waals surface area contributed by atoms with E-state index in [1.807, 2.05) is 36.1 Å². The summed E-state index contributed by atoms with van der Waals surface area (Å²) in [6, 6.07) is 8.11. The Morgan fingerprint density at radius 1 is 1.18 bits per heavy atom. The van der Waals surface area contributed by atoms with Crippen molar-refractivity contribution in [2.75, 3.05) is 47.5 Å². The third-order valence-electron chi connectivity index (χ3n) is 6.67. The third kappa shape index (κ3) is 8.01. The van der Waals surface area contributed by atoms with Gasteiger partial charge in [0.2, 0.25) is 0 Å². The van der Waals surface area contributed by atoms with Crippen LogP contribution in [0.15, 0.2) is 24.3 Å². The minimum atomic E-state index is -0.408. The van der Waals surface area contributed by atoms with Gasteiger partial charge < -0.3 is 33.9 Å². The van der Waals surface area contributed by atoms with Gasteiger partial charge in [-0.25, -0.2) is 4.79 Å². The molecule has 0 saturated carbocycles. The molecule has 2 amide bonds. The molecule has 3 rings (SSSR count). The normalized spacial score (nSPS) is 16.1. The first kappa shape index (κ1) is 31.7. The summed E-state index contributed by atoms with van der Waals surface area (Å²) in [6.07, 6.45) is 3.07. The molecule has 1 fully saturated rings. The Morgan fingerprint density at radius 3 is 2.58 bits per heavy atom. The number of para-hydroxylation sites is 1. The van der Waals surface area contributed by atoms with Crippen molar-refractivity contribution in [2.24, 2.45) is 0 Å². The number of benzene rings is 1. The lowest BCUT2D eigenvalue weighted by atomic mass is 10.0. The molecule has 0 spiro atoms. The number of unbranched alkanes of at least 4 members (excludes halogenated alkanes) is 1. The zero-order valence-corrected chi connectivity index (χ0v) is 24.5. The van der Waals surface area contributed by atoms with Crippen molar-refractivity contribution in [2.45, 2.75) is 71.2 Å². The van der Waals surface area contributed by atoms with Crippen LogP contribution in [0, 0.1) is 0 Å². The number of aromatic nitrogens is 1. The highest BCUT2D eigenvalue weighted by molar-refractivity contribution is 6.00. The Morgan fingerprint density at radius 2 is 1.95 bits per heavy atom. The molecule has 0 radical (unpaired) electrons. The lowest BCUT2D eigenvalue weighted by Crippen LogP contribution is -2.52. The first-order chi connectivity index (χ1) is 17.7. The number of aryl methyl sites for hydroxylation is 1. The van der Waals surface area contributed by atoms with Crippen LogP contribution in [0.25, 0.3) is 10.9 Å². The predicted molar refractivity (Wildman–Crippen MR) is 153 cm³/mol. The van der Waals surface area contributed by atoms with E-state index in [2.05, 4.69) is 23.7 Å². The van der Waals surface area contributed by atoms with Crippen LogP contribution < -0.4 is 10.1 Å². The van der Waals surface area contributed by atoms with E-state index >= 15 is 0 Å². The molecular formula is C28H45ClN4O5. The fraction of sp³-hybridized carbons (Fsp3) is 0.643. The zero-order valence-electron chi connectivity index (χ0n) is 23.7. The van der Waals surface area contributed by atoms with Gasteiger partial charge in [0.1, 0.15) is 24.2 Å². The molecule has 1 aromatic carbocycles. The number of hydrogen-bond acceptors (Lipinski definition) is 6. The van der Waals surface area contributed by atoms with Crippen LogP contribution in [-0.4, -0.2) is 92.1 Å². The van der Waals surface area contributed by atoms with Gasteiger partial charge in [-0.15, -0.1) is 12.4 Å². The van der Waals surface area contributed by atoms with Crippen molar-refractivity contribution in [3.63, 3.8) is 0 Å². The molecule has 1 N–H and O–H groups in total. The number of piperidine rings is 1. The number of amides is 2. The minimum absolute atomic E-state index is 0. The average Bonchev–Trinajstić information content (AvgIpc) is 3.25. The first-order valence-electron chi connectivity index (χ1n) is 13.4. The van der Waals surface area contributed by atoms with E-state index in [9.17, 15) is 9.59 Å². The lowest BCUT2D eigenvalue weighted by molar-refractivity contribution is 0.0562. The number of halogens is 1. The summed E-state index contributed by atoms with van der Waals surface area (Å²) in [7, 11) is 5.00. The van der Waals surface area contributed by atoms with Crippen molar-refractivity contribution < 1.29 is 23.8 Å². The van der Waals surface area contributed by atoms with E-state index in [-0.39, 0.29) is 43.1 Å². The largest absolute Gasteiger partial charge is 0.485 e. The van der Waals surface area contributed by atoms with E-state index < -0.39 is 6.09 Å². The second-order valence-corrected chi connectivity index (χ2v) is 10.3. The summed E-state index contributed by atoms with van der Waals surface area (Å²) in [5, 5.41) is 4.40. The summed E-state index contributed by atoms with van der Waals surface area (Å²) in [5.41, 5.74) is 1.56. The molecule has 0 aliphatic carbocycles. The van der Waals surface area contributed by atoms with Crippen LogP contribution >= 0.6 is 12.4 Å². The highest BCUT2D eigenvalue weighted by Gasteiger charge is 2.31. The topological polar surface area (TPSA) is 85.3 Å². The minimum Gasteiger partial charge on any atom is -0.485 e. The van der Waals surface area contributed by atoms with Crippen molar-refractivity contribution in [1.82, 2.24) is 19.7 Å². The Bertz CT molecular complexity index is 1040. The van der Waals surface area contributed by atoms with Gasteiger partial charge in [-0.3, -0.25) is 4.79 Å². The van der Waals surface area contributed by atoms with E-state index in [1.165, 1.54) is 4.90 Å². The molecule has 10 heteroatoms. The number of fused-ring (bicyclic) bond motifs is 1. The molecule has 1 aromatic heterocycles. The van der Waals surface area contributed by atoms with Gasteiger partial charge >= 0.3 is 6.09 Å². The van der Waals surface area contributed by atoms with Gasteiger partial charge in [0.05, 0.1) is 5.52 Å². The van der Waals surface area contributed by atoms with Crippen molar-refractivity contribution in [1.29, 1.82) is 0 Å². The van der Waals surface area contributed by atoms with Crippen LogP contribution in [0.5, 0.6) is 5.75 Å². The molecule has 2 aromatic rings. The van der Waals surface area contributed by atoms with Gasteiger partial charge in [-0.05, 0) is 65.1 Å². The average molecular weight is 553 g/mol. The monoisotopic (exact) mass is 552 g/mol. The van der Waals surface area contributed by atoms with Crippen molar-refractivity contribution in [3.05, 3.63) is 30.0 Å². The summed E-state index contributed by atoms with van der Waals surface area (Å²) in [4.78, 5) is 29.4. The van der Waals surface area contributed by atoms with Crippen LogP contribution in [0.2, 0.25) is 0 Å². The molecule has 2 heterocycles. The Balaban J connectivity index is 0.00000507. The number of carbonyl (C=O) groups is 2. The SMILES string of the molecule is COCCCCn1c(C(=O)N(C(C)C)[C@@H]2CCCNC2)cc2cccc(OC(C)COC(=O)N(C)C)c21.Cl. The zero-order chi connectivity index (χ0) is 26.9. The van der Waals surface area contributed by atoms with Crippen molar-refractivity contribution in [3.8, 4) is 5.75 Å². The quantitative estimate of drug-likeness (QED) is 0.389. The molecular weight excluding hydrogens is 508 g/mol. The predicted octanol–water partition coefficient (Wildman–Crippen LogP) is 4.56. The van der Waals surface area contributed by atoms with Crippen molar-refractivity contribution >= 4 is 35.3 Å². The van der Waals surface area contributed by atoms with Gasteiger partial charge in [-0.1, -0.05) is 12.1 Å². The number of nitrogens with zero attached hydrogens (tertiary/aromatic N) is 3. The number of ether oxygens (including phenoxy) is 3. The summed E-state index contributed by atoms with van der Waals surface area (Å²) < 4.78 is 18.9. The third-order valence-corrected chi connectivity index (χ3v) is 6.67. The Kier molecular flexibility index (Phi) is 12.7. The number of hydrogen-bond donors (Lipinski definition) is 1. The van der Waals surface area contributed by atoms with Gasteiger partial charge in [0.25, 0.3) is 5.91 Å². The fourth-order valence-corrected chi connectivity index (χ4v) is 4.90. The standard InChI is InChI=1S/C28H44N4O5.ClH/c1-20(2)32(23-12-10-14-29-18-23)27(33)24-17-22-11-9-13-25(26(22)31(24)15-7-8-16-35-6)37-21(3)19-36-28(34)30(4)5;/h9,11,13,17,20-21,23,29H,7-8,10,12,14-16,18-19H2,1-6H3;1H/t21?,23-;/m1./s1. The van der Waals surface area contributed by atoms with Gasteiger partial charge in [-0.2, -0.15) is 0 Å². The lowest BCUT2D eigenvalue weighted by Gasteiger charge is -2.37. The highest BCUT2D eigenvalue weighted by Crippen LogP contribution is 2.32. The maximum absolute atomic E-state index is 14.1. The molecule has 38 heavy (non-hydrogen) atoms. The fourth-order valence-electron chi connectivity index (χ4n) is 4.90. The number of rotatable bonds is 12. The Labute approximate surface area is 233 Å². The summed E-state index contributed by atoms with van der Waals surface area (Å²) >= 11 is 0. The van der Waals surface area contributed by atoms with E-state index in [0.717, 1.165) is 49.7 Å². The van der Waals surface area contributed by atoms with E-state index in [1.54, 1.807) is 21.2 Å². The highest BCUT2D eigenvalue weighted by atomic mass is 35.5. The van der Waals surface area contributed by atoms with Gasteiger partial charge in [0, 0.05) is 58.4 Å². The second kappa shape index (κ2) is 15.2. The smallest absolute Gasteiger partial charge is 0.409 e. The van der Waals surface area contributed by atoms with Crippen LogP contribution in [-0.2, 0) is 16.0 Å². The molecule has 9 nitrogen and oxygen atoms in total. The second-order valence-electron chi connectivity index (χ2n) is 10.3. The molecule has 214 valence electrons. The number of carbonyl (C=O) groups excluding carboxylic acids is 2. The summed E-state index contributed by atoms with van der Waals surface area (Å²) in [5.74, 6) is 0.720. The molecule has 1 aliphatic heterocycles. The first-order valence-corrected chi connectivity index (χ1v) is 13.4.